The zero-order valence-electron chi connectivity index (χ0n) is 16.3. The number of halogens is 2. The lowest BCUT2D eigenvalue weighted by molar-refractivity contribution is -0.156. The highest BCUT2D eigenvalue weighted by Crippen LogP contribution is 2.29. The summed E-state index contributed by atoms with van der Waals surface area (Å²) in [5, 5.41) is 20.6. The number of aromatic nitrogens is 2. The topological polar surface area (TPSA) is 134 Å². The second-order valence-electron chi connectivity index (χ2n) is 7.30. The van der Waals surface area contributed by atoms with Gasteiger partial charge in [0.1, 0.15) is 24.9 Å². The van der Waals surface area contributed by atoms with Gasteiger partial charge in [-0.15, -0.1) is 12.4 Å². The van der Waals surface area contributed by atoms with Crippen molar-refractivity contribution in [2.75, 3.05) is 26.7 Å². The zero-order valence-corrected chi connectivity index (χ0v) is 17.8. The number of ether oxygens (including phenoxy) is 2. The van der Waals surface area contributed by atoms with Crippen molar-refractivity contribution in [2.45, 2.75) is 37.4 Å². The first-order chi connectivity index (χ1) is 13.8. The van der Waals surface area contributed by atoms with Crippen molar-refractivity contribution in [1.82, 2.24) is 14.5 Å². The highest BCUT2D eigenvalue weighted by Gasteiger charge is 2.45. The van der Waals surface area contributed by atoms with Gasteiger partial charge in [-0.2, -0.15) is 0 Å². The molecule has 3 rings (SSSR count). The van der Waals surface area contributed by atoms with Crippen molar-refractivity contribution >= 4 is 36.1 Å². The van der Waals surface area contributed by atoms with Gasteiger partial charge in [-0.25, -0.2) is 4.79 Å². The van der Waals surface area contributed by atoms with Gasteiger partial charge in [-0.3, -0.25) is 19.1 Å². The Morgan fingerprint density at radius 1 is 1.33 bits per heavy atom. The number of carbonyl (C=O) groups excluding carboxylic acids is 1. The van der Waals surface area contributed by atoms with Crippen LogP contribution in [-0.2, 0) is 14.3 Å². The summed E-state index contributed by atoms with van der Waals surface area (Å²) in [5.41, 5.74) is -0.297. The SMILES string of the molecule is CN1CCC(C(=O)OCC2OC(n3cc(/C=C/Cl)c(=O)[nH]c3=O)C(O)C2O)CC1.Cl. The van der Waals surface area contributed by atoms with Crippen LogP contribution in [0, 0.1) is 5.92 Å². The first-order valence-electron chi connectivity index (χ1n) is 9.30. The molecule has 2 fully saturated rings. The lowest BCUT2D eigenvalue weighted by Crippen LogP contribution is -2.39. The summed E-state index contributed by atoms with van der Waals surface area (Å²) >= 11 is 5.49. The minimum absolute atomic E-state index is 0. The Balaban J connectivity index is 0.00000320. The van der Waals surface area contributed by atoms with Gasteiger partial charge in [-0.1, -0.05) is 11.6 Å². The Bertz CT molecular complexity index is 879. The number of aromatic amines is 1. The number of nitrogens with zero attached hydrogens (tertiary/aromatic N) is 2. The molecule has 0 radical (unpaired) electrons. The number of carbonyl (C=O) groups is 1. The van der Waals surface area contributed by atoms with E-state index in [4.69, 9.17) is 21.1 Å². The summed E-state index contributed by atoms with van der Waals surface area (Å²) in [6.45, 7) is 1.35. The largest absolute Gasteiger partial charge is 0.463 e. The van der Waals surface area contributed by atoms with E-state index in [0.29, 0.717) is 12.8 Å². The number of hydrogen-bond donors (Lipinski definition) is 3. The van der Waals surface area contributed by atoms with Crippen LogP contribution in [0.1, 0.15) is 24.6 Å². The van der Waals surface area contributed by atoms with Gasteiger partial charge in [0.05, 0.1) is 11.5 Å². The smallest absolute Gasteiger partial charge is 0.330 e. The molecular weight excluding hydrogens is 441 g/mol. The predicted octanol–water partition coefficient (Wildman–Crippen LogP) is -0.328. The molecule has 1 aromatic heterocycles. The molecule has 0 amide bonds. The molecule has 2 aliphatic rings. The van der Waals surface area contributed by atoms with Crippen LogP contribution in [0.2, 0.25) is 0 Å². The standard InChI is InChI=1S/C18H24ClN3O7.ClH/c1-21-6-3-10(4-7-21)17(26)28-9-12-13(23)14(24)16(29-12)22-8-11(2-5-19)15(25)20-18(22)27;/h2,5,8,10,12-14,16,23-24H,3-4,6-7,9H2,1H3,(H,20,25,27);1H/b5-2+;. The summed E-state index contributed by atoms with van der Waals surface area (Å²) in [6, 6.07) is 0. The van der Waals surface area contributed by atoms with Gasteiger partial charge < -0.3 is 24.6 Å². The number of aliphatic hydroxyl groups excluding tert-OH is 2. The van der Waals surface area contributed by atoms with Crippen molar-refractivity contribution in [1.29, 1.82) is 0 Å². The minimum atomic E-state index is -1.46. The Kier molecular flexibility index (Phi) is 8.65. The van der Waals surface area contributed by atoms with E-state index in [-0.39, 0.29) is 36.5 Å². The molecule has 2 saturated heterocycles. The van der Waals surface area contributed by atoms with Crippen LogP contribution in [0.3, 0.4) is 0 Å². The maximum Gasteiger partial charge on any atom is 0.330 e. The Hall–Kier alpha value is -1.69. The number of rotatable bonds is 5. The van der Waals surface area contributed by atoms with Crippen LogP contribution < -0.4 is 11.2 Å². The Labute approximate surface area is 183 Å². The normalized spacial score (nSPS) is 27.9. The van der Waals surface area contributed by atoms with E-state index < -0.39 is 35.8 Å². The van der Waals surface area contributed by atoms with E-state index in [9.17, 15) is 24.6 Å². The molecular formula is C18H25Cl2N3O7. The lowest BCUT2D eigenvalue weighted by atomic mass is 9.97. The van der Waals surface area contributed by atoms with Crippen molar-refractivity contribution in [3.05, 3.63) is 38.1 Å². The van der Waals surface area contributed by atoms with E-state index in [0.717, 1.165) is 23.2 Å². The molecule has 30 heavy (non-hydrogen) atoms. The third-order valence-electron chi connectivity index (χ3n) is 5.29. The average Bonchev–Trinajstić information content (AvgIpc) is 2.97. The fourth-order valence-electron chi connectivity index (χ4n) is 3.50. The predicted molar refractivity (Wildman–Crippen MR) is 111 cm³/mol. The summed E-state index contributed by atoms with van der Waals surface area (Å²) < 4.78 is 11.8. The van der Waals surface area contributed by atoms with E-state index in [1.165, 1.54) is 12.3 Å². The second kappa shape index (κ2) is 10.6. The van der Waals surface area contributed by atoms with Crippen LogP contribution >= 0.6 is 24.0 Å². The fourth-order valence-corrected chi connectivity index (χ4v) is 3.64. The second-order valence-corrected chi connectivity index (χ2v) is 7.55. The van der Waals surface area contributed by atoms with Crippen molar-refractivity contribution in [2.24, 2.45) is 5.92 Å². The Morgan fingerprint density at radius 2 is 2.00 bits per heavy atom. The number of likely N-dealkylation sites (tertiary alicyclic amines) is 1. The van der Waals surface area contributed by atoms with Gasteiger partial charge >= 0.3 is 11.7 Å². The highest BCUT2D eigenvalue weighted by atomic mass is 35.5. The third-order valence-corrected chi connectivity index (χ3v) is 5.42. The number of nitrogens with one attached hydrogen (secondary N) is 1. The van der Waals surface area contributed by atoms with Crippen LogP contribution in [0.4, 0.5) is 0 Å². The maximum atomic E-state index is 12.3. The molecule has 0 bridgehead atoms. The maximum absolute atomic E-state index is 12.3. The molecule has 10 nitrogen and oxygen atoms in total. The van der Waals surface area contributed by atoms with E-state index in [1.54, 1.807) is 0 Å². The molecule has 3 heterocycles. The number of H-pyrrole nitrogens is 1. The van der Waals surface area contributed by atoms with Crippen LogP contribution in [0.15, 0.2) is 21.3 Å². The number of hydrogen-bond acceptors (Lipinski definition) is 8. The van der Waals surface area contributed by atoms with Crippen molar-refractivity contribution in [3.8, 4) is 0 Å². The molecule has 0 spiro atoms. The quantitative estimate of drug-likeness (QED) is 0.503. The molecule has 12 heteroatoms. The first kappa shape index (κ1) is 24.6. The molecule has 4 atom stereocenters. The van der Waals surface area contributed by atoms with Crippen LogP contribution in [0.5, 0.6) is 0 Å². The molecule has 0 aliphatic carbocycles. The first-order valence-corrected chi connectivity index (χ1v) is 9.74. The van der Waals surface area contributed by atoms with Crippen molar-refractivity contribution < 1.29 is 24.5 Å². The van der Waals surface area contributed by atoms with E-state index in [2.05, 4.69) is 9.88 Å². The minimum Gasteiger partial charge on any atom is -0.463 e. The molecule has 168 valence electrons. The summed E-state index contributed by atoms with van der Waals surface area (Å²) in [5.74, 6) is -0.584. The lowest BCUT2D eigenvalue weighted by Gasteiger charge is -2.27. The number of piperidine rings is 1. The van der Waals surface area contributed by atoms with Gasteiger partial charge in [0.25, 0.3) is 5.56 Å². The van der Waals surface area contributed by atoms with E-state index >= 15 is 0 Å². The molecule has 2 aliphatic heterocycles. The fraction of sp³-hybridized carbons (Fsp3) is 0.611. The molecule has 1 aromatic rings. The van der Waals surface area contributed by atoms with Crippen molar-refractivity contribution in [3.63, 3.8) is 0 Å². The Morgan fingerprint density at radius 3 is 2.63 bits per heavy atom. The molecule has 4 unspecified atom stereocenters. The third kappa shape index (κ3) is 5.32. The van der Waals surface area contributed by atoms with Gasteiger partial charge in [-0.05, 0) is 39.1 Å². The molecule has 0 saturated carbocycles. The van der Waals surface area contributed by atoms with Gasteiger partial charge in [0.15, 0.2) is 6.23 Å². The average molecular weight is 466 g/mol. The summed E-state index contributed by atoms with van der Waals surface area (Å²) in [6.07, 6.45) is -1.28. The summed E-state index contributed by atoms with van der Waals surface area (Å²) in [4.78, 5) is 40.4. The van der Waals surface area contributed by atoms with Crippen LogP contribution in [-0.4, -0.2) is 75.7 Å². The monoisotopic (exact) mass is 465 g/mol. The van der Waals surface area contributed by atoms with Gasteiger partial charge in [0, 0.05) is 11.7 Å². The zero-order chi connectivity index (χ0) is 21.1. The molecule has 0 aromatic carbocycles. The number of esters is 1. The van der Waals surface area contributed by atoms with Crippen LogP contribution in [0.25, 0.3) is 6.08 Å². The summed E-state index contributed by atoms with van der Waals surface area (Å²) in [7, 11) is 1.99. The number of aliphatic hydroxyl groups is 2. The highest BCUT2D eigenvalue weighted by molar-refractivity contribution is 6.27. The molecule has 3 N–H and O–H groups in total. The van der Waals surface area contributed by atoms with E-state index in [1.807, 2.05) is 7.05 Å². The van der Waals surface area contributed by atoms with Gasteiger partial charge in [0.2, 0.25) is 0 Å².